The second-order valence-electron chi connectivity index (χ2n) is 6.62. The summed E-state index contributed by atoms with van der Waals surface area (Å²) in [6, 6.07) is 24.1. The second-order valence-corrected chi connectivity index (χ2v) is 6.62. The van der Waals surface area contributed by atoms with E-state index in [1.165, 1.54) is 4.90 Å². The number of amides is 1. The van der Waals surface area contributed by atoms with Crippen LogP contribution in [0, 0.1) is 0 Å². The molecule has 0 spiro atoms. The SMILES string of the molecule is COc1ccc(N2C(=O)C(Oc3ccccc3)C2(C(=O)O)c2ccccc2)cc1. The lowest BCUT2D eigenvalue weighted by Gasteiger charge is -2.53. The van der Waals surface area contributed by atoms with Crippen LogP contribution >= 0.6 is 0 Å². The molecule has 0 bridgehead atoms. The summed E-state index contributed by atoms with van der Waals surface area (Å²) in [6.45, 7) is 0. The highest BCUT2D eigenvalue weighted by atomic mass is 16.5. The topological polar surface area (TPSA) is 76.1 Å². The molecule has 4 rings (SSSR count). The largest absolute Gasteiger partial charge is 0.497 e. The third-order valence-corrected chi connectivity index (χ3v) is 5.04. The van der Waals surface area contributed by atoms with E-state index in [1.54, 1.807) is 86.0 Å². The summed E-state index contributed by atoms with van der Waals surface area (Å²) in [6.07, 6.45) is -1.20. The van der Waals surface area contributed by atoms with Gasteiger partial charge in [0.25, 0.3) is 5.91 Å². The van der Waals surface area contributed by atoms with E-state index in [-0.39, 0.29) is 0 Å². The lowest BCUT2D eigenvalue weighted by Crippen LogP contribution is -2.77. The van der Waals surface area contributed by atoms with Crippen molar-refractivity contribution in [2.45, 2.75) is 11.6 Å². The van der Waals surface area contributed by atoms with Crippen molar-refractivity contribution < 1.29 is 24.2 Å². The van der Waals surface area contributed by atoms with E-state index < -0.39 is 23.5 Å². The molecule has 146 valence electrons. The third-order valence-electron chi connectivity index (χ3n) is 5.04. The van der Waals surface area contributed by atoms with Crippen molar-refractivity contribution in [2.75, 3.05) is 12.0 Å². The first-order valence-corrected chi connectivity index (χ1v) is 9.07. The number of β-lactam (4-membered cyclic amide) rings is 1. The fourth-order valence-electron chi connectivity index (χ4n) is 3.66. The Morgan fingerprint density at radius 1 is 0.897 bits per heavy atom. The van der Waals surface area contributed by atoms with E-state index in [9.17, 15) is 14.7 Å². The minimum absolute atomic E-state index is 0.426. The minimum Gasteiger partial charge on any atom is -0.497 e. The molecule has 29 heavy (non-hydrogen) atoms. The van der Waals surface area contributed by atoms with Gasteiger partial charge in [-0.05, 0) is 42.0 Å². The number of carboxylic acids is 1. The van der Waals surface area contributed by atoms with Crippen LogP contribution in [-0.4, -0.2) is 30.2 Å². The second kappa shape index (κ2) is 7.31. The smallest absolute Gasteiger partial charge is 0.339 e. The van der Waals surface area contributed by atoms with Crippen LogP contribution in [0.4, 0.5) is 5.69 Å². The number of ether oxygens (including phenoxy) is 2. The maximum Gasteiger partial charge on any atom is 0.339 e. The molecule has 3 aromatic rings. The molecule has 6 heteroatoms. The summed E-state index contributed by atoms with van der Waals surface area (Å²) in [5, 5.41) is 10.3. The maximum absolute atomic E-state index is 13.1. The minimum atomic E-state index is -1.69. The van der Waals surface area contributed by atoms with Gasteiger partial charge in [0, 0.05) is 5.69 Å². The van der Waals surface area contributed by atoms with E-state index in [2.05, 4.69) is 0 Å². The Morgan fingerprint density at radius 3 is 2.03 bits per heavy atom. The molecular weight excluding hydrogens is 370 g/mol. The number of methoxy groups -OCH3 is 1. The first kappa shape index (κ1) is 18.6. The summed E-state index contributed by atoms with van der Waals surface area (Å²) in [5.41, 5.74) is -0.776. The van der Waals surface area contributed by atoms with Crippen molar-refractivity contribution in [1.82, 2.24) is 0 Å². The number of hydrogen-bond donors (Lipinski definition) is 1. The maximum atomic E-state index is 13.1. The van der Waals surface area contributed by atoms with Crippen molar-refractivity contribution in [2.24, 2.45) is 0 Å². The Balaban J connectivity index is 1.83. The standard InChI is InChI=1S/C23H19NO5/c1-28-18-14-12-17(13-15-18)24-21(25)20(29-19-10-6-3-7-11-19)23(24,22(26)27)16-8-4-2-5-9-16/h2-15,20H,1H3,(H,26,27). The number of aliphatic carboxylic acids is 1. The van der Waals surface area contributed by atoms with Crippen LogP contribution in [0.3, 0.4) is 0 Å². The van der Waals surface area contributed by atoms with E-state index in [0.29, 0.717) is 22.7 Å². The molecule has 1 amide bonds. The number of carbonyl (C=O) groups excluding carboxylic acids is 1. The molecule has 6 nitrogen and oxygen atoms in total. The quantitative estimate of drug-likeness (QED) is 0.654. The highest BCUT2D eigenvalue weighted by Crippen LogP contribution is 2.47. The zero-order valence-electron chi connectivity index (χ0n) is 15.7. The highest BCUT2D eigenvalue weighted by Gasteiger charge is 2.69. The monoisotopic (exact) mass is 389 g/mol. The van der Waals surface area contributed by atoms with Crippen LogP contribution in [0.5, 0.6) is 11.5 Å². The Hall–Kier alpha value is -3.80. The Labute approximate surface area is 167 Å². The summed E-state index contributed by atoms with van der Waals surface area (Å²) < 4.78 is 11.1. The van der Waals surface area contributed by atoms with Gasteiger partial charge in [0.2, 0.25) is 11.6 Å². The van der Waals surface area contributed by atoms with Crippen molar-refractivity contribution in [3.8, 4) is 11.5 Å². The summed E-state index contributed by atoms with van der Waals surface area (Å²) in [5.74, 6) is -0.549. The van der Waals surface area contributed by atoms with Crippen LogP contribution in [0.25, 0.3) is 0 Å². The van der Waals surface area contributed by atoms with E-state index in [1.807, 2.05) is 6.07 Å². The first-order chi connectivity index (χ1) is 14.1. The normalized spacial score (nSPS) is 20.7. The van der Waals surface area contributed by atoms with Gasteiger partial charge in [0.05, 0.1) is 7.11 Å². The van der Waals surface area contributed by atoms with Crippen LogP contribution in [-0.2, 0) is 15.1 Å². The molecule has 1 N–H and O–H groups in total. The number of para-hydroxylation sites is 1. The molecule has 3 aromatic carbocycles. The van der Waals surface area contributed by atoms with Gasteiger partial charge < -0.3 is 14.6 Å². The molecule has 2 atom stereocenters. The molecule has 0 radical (unpaired) electrons. The van der Waals surface area contributed by atoms with Crippen LogP contribution in [0.15, 0.2) is 84.9 Å². The molecule has 0 aromatic heterocycles. The average Bonchev–Trinajstić information content (AvgIpc) is 2.76. The zero-order chi connectivity index (χ0) is 20.4. The summed E-state index contributed by atoms with van der Waals surface area (Å²) in [4.78, 5) is 27.1. The summed E-state index contributed by atoms with van der Waals surface area (Å²) in [7, 11) is 1.54. The average molecular weight is 389 g/mol. The number of nitrogens with zero attached hydrogens (tertiary/aromatic N) is 1. The number of carboxylic acid groups (broad SMARTS) is 1. The van der Waals surface area contributed by atoms with Gasteiger partial charge in [0.1, 0.15) is 11.5 Å². The molecule has 1 fully saturated rings. The van der Waals surface area contributed by atoms with Crippen molar-refractivity contribution in [3.05, 3.63) is 90.5 Å². The van der Waals surface area contributed by atoms with Crippen molar-refractivity contribution in [1.29, 1.82) is 0 Å². The van der Waals surface area contributed by atoms with Gasteiger partial charge in [-0.15, -0.1) is 0 Å². The van der Waals surface area contributed by atoms with Gasteiger partial charge in [-0.2, -0.15) is 0 Å². The predicted molar refractivity (Wildman–Crippen MR) is 107 cm³/mol. The molecule has 2 unspecified atom stereocenters. The molecule has 1 heterocycles. The fraction of sp³-hybridized carbons (Fsp3) is 0.130. The summed E-state index contributed by atoms with van der Waals surface area (Å²) >= 11 is 0. The van der Waals surface area contributed by atoms with Crippen molar-refractivity contribution >= 4 is 17.6 Å². The van der Waals surface area contributed by atoms with E-state index in [0.717, 1.165) is 0 Å². The van der Waals surface area contributed by atoms with Gasteiger partial charge in [-0.1, -0.05) is 48.5 Å². The third kappa shape index (κ3) is 2.89. The molecule has 1 saturated heterocycles. The highest BCUT2D eigenvalue weighted by molar-refractivity contribution is 6.15. The van der Waals surface area contributed by atoms with Gasteiger partial charge >= 0.3 is 5.97 Å². The van der Waals surface area contributed by atoms with Crippen molar-refractivity contribution in [3.63, 3.8) is 0 Å². The zero-order valence-corrected chi connectivity index (χ0v) is 15.7. The molecule has 0 saturated carbocycles. The lowest BCUT2D eigenvalue weighted by atomic mass is 9.74. The number of hydrogen-bond acceptors (Lipinski definition) is 4. The number of carbonyl (C=O) groups is 2. The first-order valence-electron chi connectivity index (χ1n) is 9.07. The van der Waals surface area contributed by atoms with Crippen LogP contribution < -0.4 is 14.4 Å². The molecule has 0 aliphatic carbocycles. The molecule has 1 aliphatic rings. The number of benzene rings is 3. The van der Waals surface area contributed by atoms with Crippen LogP contribution in [0.1, 0.15) is 5.56 Å². The van der Waals surface area contributed by atoms with Crippen LogP contribution in [0.2, 0.25) is 0 Å². The lowest BCUT2D eigenvalue weighted by molar-refractivity contribution is -0.163. The Kier molecular flexibility index (Phi) is 4.68. The van der Waals surface area contributed by atoms with Gasteiger partial charge in [-0.25, -0.2) is 4.79 Å². The van der Waals surface area contributed by atoms with E-state index >= 15 is 0 Å². The van der Waals surface area contributed by atoms with Gasteiger partial charge in [-0.3, -0.25) is 9.69 Å². The molecular formula is C23H19NO5. The predicted octanol–water partition coefficient (Wildman–Crippen LogP) is 3.47. The van der Waals surface area contributed by atoms with E-state index in [4.69, 9.17) is 9.47 Å². The molecule has 1 aliphatic heterocycles. The van der Waals surface area contributed by atoms with Gasteiger partial charge in [0.15, 0.2) is 0 Å². The Morgan fingerprint density at radius 2 is 1.48 bits per heavy atom. The number of anilines is 1. The fourth-order valence-corrected chi connectivity index (χ4v) is 3.66. The number of rotatable bonds is 6. The Bertz CT molecular complexity index is 1020.